The van der Waals surface area contributed by atoms with E-state index < -0.39 is 0 Å². The fourth-order valence-electron chi connectivity index (χ4n) is 1.82. The SMILES string of the molecule is [CH2]c1cc(B2OC(C)(C)C(C)(C)O2)ccc1C. The third-order valence-corrected chi connectivity index (χ3v) is 3.90. The minimum atomic E-state index is -0.291. The van der Waals surface area contributed by atoms with Crippen LogP contribution in [0.15, 0.2) is 18.2 Å². The van der Waals surface area contributed by atoms with E-state index in [4.69, 9.17) is 9.31 Å². The highest BCUT2D eigenvalue weighted by atomic mass is 16.7. The first-order chi connectivity index (χ1) is 7.73. The Morgan fingerprint density at radius 3 is 2.06 bits per heavy atom. The molecular weight excluding hydrogens is 211 g/mol. The average Bonchev–Trinajstić information content (AvgIpc) is 2.41. The van der Waals surface area contributed by atoms with Crippen LogP contribution < -0.4 is 5.46 Å². The lowest BCUT2D eigenvalue weighted by molar-refractivity contribution is 0.00578. The second kappa shape index (κ2) is 3.86. The second-order valence-corrected chi connectivity index (χ2v) is 5.77. The molecule has 0 unspecified atom stereocenters. The van der Waals surface area contributed by atoms with Crippen molar-refractivity contribution < 1.29 is 9.31 Å². The molecule has 1 radical (unpaired) electrons. The Labute approximate surface area is 104 Å². The number of benzene rings is 1. The van der Waals surface area contributed by atoms with Gasteiger partial charge >= 0.3 is 7.12 Å². The average molecular weight is 231 g/mol. The van der Waals surface area contributed by atoms with E-state index in [-0.39, 0.29) is 18.3 Å². The topological polar surface area (TPSA) is 18.5 Å². The Kier molecular flexibility index (Phi) is 2.87. The van der Waals surface area contributed by atoms with Crippen molar-refractivity contribution in [2.45, 2.75) is 45.8 Å². The number of hydrogen-bond donors (Lipinski definition) is 0. The first kappa shape index (κ1) is 12.7. The van der Waals surface area contributed by atoms with Gasteiger partial charge in [-0.15, -0.1) is 0 Å². The minimum Gasteiger partial charge on any atom is -0.399 e. The number of hydrogen-bond acceptors (Lipinski definition) is 2. The lowest BCUT2D eigenvalue weighted by Crippen LogP contribution is -2.41. The molecule has 1 aliphatic heterocycles. The smallest absolute Gasteiger partial charge is 0.399 e. The third-order valence-electron chi connectivity index (χ3n) is 3.90. The van der Waals surface area contributed by atoms with Gasteiger partial charge in [0.1, 0.15) is 0 Å². The molecule has 0 atom stereocenters. The number of aryl methyl sites for hydroxylation is 1. The summed E-state index contributed by atoms with van der Waals surface area (Å²) in [6, 6.07) is 6.15. The van der Waals surface area contributed by atoms with Gasteiger partial charge in [-0.05, 0) is 58.1 Å². The predicted molar refractivity (Wildman–Crippen MR) is 71.4 cm³/mol. The van der Waals surface area contributed by atoms with Crippen molar-refractivity contribution in [2.24, 2.45) is 0 Å². The summed E-state index contributed by atoms with van der Waals surface area (Å²) in [5.41, 5.74) is 2.68. The Morgan fingerprint density at radius 1 is 1.06 bits per heavy atom. The molecule has 1 saturated heterocycles. The summed E-state index contributed by atoms with van der Waals surface area (Å²) in [6.07, 6.45) is 0. The maximum atomic E-state index is 5.99. The van der Waals surface area contributed by atoms with Gasteiger partial charge in [0.05, 0.1) is 11.2 Å². The van der Waals surface area contributed by atoms with Crippen molar-refractivity contribution >= 4 is 12.6 Å². The molecule has 17 heavy (non-hydrogen) atoms. The zero-order valence-electron chi connectivity index (χ0n) is 11.3. The zero-order valence-corrected chi connectivity index (χ0v) is 11.3. The van der Waals surface area contributed by atoms with E-state index in [1.807, 2.05) is 12.1 Å². The molecule has 0 spiro atoms. The predicted octanol–water partition coefficient (Wildman–Crippen LogP) is 2.48. The monoisotopic (exact) mass is 231 g/mol. The summed E-state index contributed by atoms with van der Waals surface area (Å²) in [7, 11) is -0.291. The molecule has 0 aliphatic carbocycles. The van der Waals surface area contributed by atoms with Gasteiger partial charge in [-0.3, -0.25) is 0 Å². The summed E-state index contributed by atoms with van der Waals surface area (Å²) >= 11 is 0. The van der Waals surface area contributed by atoms with Gasteiger partial charge in [-0.2, -0.15) is 0 Å². The van der Waals surface area contributed by atoms with Crippen LogP contribution in [0.25, 0.3) is 0 Å². The minimum absolute atomic E-state index is 0.288. The molecule has 0 bridgehead atoms. The van der Waals surface area contributed by atoms with Crippen molar-refractivity contribution in [3.8, 4) is 0 Å². The molecule has 3 heteroatoms. The Hall–Kier alpha value is -0.795. The maximum absolute atomic E-state index is 5.99. The first-order valence-electron chi connectivity index (χ1n) is 6.01. The van der Waals surface area contributed by atoms with E-state index in [2.05, 4.69) is 47.6 Å². The maximum Gasteiger partial charge on any atom is 0.494 e. The van der Waals surface area contributed by atoms with Crippen molar-refractivity contribution in [1.29, 1.82) is 0 Å². The molecule has 1 aromatic carbocycles. The first-order valence-corrected chi connectivity index (χ1v) is 6.01. The van der Waals surface area contributed by atoms with E-state index in [0.717, 1.165) is 11.0 Å². The lowest BCUT2D eigenvalue weighted by atomic mass is 9.78. The van der Waals surface area contributed by atoms with Gasteiger partial charge in [0, 0.05) is 0 Å². The summed E-state index contributed by atoms with van der Waals surface area (Å²) in [4.78, 5) is 0. The Balaban J connectivity index is 2.29. The summed E-state index contributed by atoms with van der Waals surface area (Å²) in [6.45, 7) is 14.3. The zero-order chi connectivity index (χ0) is 12.8. The van der Waals surface area contributed by atoms with Crippen LogP contribution in [-0.2, 0) is 9.31 Å². The lowest BCUT2D eigenvalue weighted by Gasteiger charge is -2.32. The molecule has 1 fully saturated rings. The van der Waals surface area contributed by atoms with Gasteiger partial charge in [0.25, 0.3) is 0 Å². The molecule has 0 saturated carbocycles. The summed E-state index contributed by atoms with van der Waals surface area (Å²) in [5.74, 6) is 0. The van der Waals surface area contributed by atoms with Crippen LogP contribution in [0.3, 0.4) is 0 Å². The largest absolute Gasteiger partial charge is 0.494 e. The van der Waals surface area contributed by atoms with Crippen molar-refractivity contribution in [2.75, 3.05) is 0 Å². The van der Waals surface area contributed by atoms with E-state index in [1.165, 1.54) is 5.56 Å². The molecule has 1 heterocycles. The van der Waals surface area contributed by atoms with E-state index in [9.17, 15) is 0 Å². The highest BCUT2D eigenvalue weighted by molar-refractivity contribution is 6.62. The third kappa shape index (κ3) is 2.14. The fourth-order valence-corrected chi connectivity index (χ4v) is 1.82. The highest BCUT2D eigenvalue weighted by Crippen LogP contribution is 2.36. The van der Waals surface area contributed by atoms with Gasteiger partial charge < -0.3 is 9.31 Å². The Morgan fingerprint density at radius 2 is 1.59 bits per heavy atom. The van der Waals surface area contributed by atoms with E-state index in [1.54, 1.807) is 0 Å². The van der Waals surface area contributed by atoms with Crippen molar-refractivity contribution in [3.05, 3.63) is 36.2 Å². The van der Waals surface area contributed by atoms with Gasteiger partial charge in [0.2, 0.25) is 0 Å². The van der Waals surface area contributed by atoms with Crippen LogP contribution in [0.1, 0.15) is 38.8 Å². The van der Waals surface area contributed by atoms with Crippen molar-refractivity contribution in [1.82, 2.24) is 0 Å². The Bertz CT molecular complexity index is 422. The van der Waals surface area contributed by atoms with Crippen LogP contribution in [-0.4, -0.2) is 18.3 Å². The normalized spacial score (nSPS) is 21.9. The summed E-state index contributed by atoms with van der Waals surface area (Å²) in [5, 5.41) is 0. The van der Waals surface area contributed by atoms with E-state index in [0.29, 0.717) is 0 Å². The molecule has 2 nitrogen and oxygen atoms in total. The molecule has 1 aliphatic rings. The van der Waals surface area contributed by atoms with Crippen molar-refractivity contribution in [3.63, 3.8) is 0 Å². The molecule has 0 aromatic heterocycles. The second-order valence-electron chi connectivity index (χ2n) is 5.77. The molecule has 0 amide bonds. The van der Waals surface area contributed by atoms with Crippen LogP contribution in [0.2, 0.25) is 0 Å². The highest BCUT2D eigenvalue weighted by Gasteiger charge is 2.51. The van der Waals surface area contributed by atoms with Gasteiger partial charge in [-0.25, -0.2) is 0 Å². The molecule has 0 N–H and O–H groups in total. The quantitative estimate of drug-likeness (QED) is 0.691. The molecular formula is C14H20BO2. The standard InChI is InChI=1S/C14H20BO2/c1-10-7-8-12(9-11(10)2)15-16-13(3,4)14(5,6)17-15/h7-9H,2H2,1,3-6H3. The van der Waals surface area contributed by atoms with Crippen LogP contribution >= 0.6 is 0 Å². The fraction of sp³-hybridized carbons (Fsp3) is 0.500. The van der Waals surface area contributed by atoms with Gasteiger partial charge in [-0.1, -0.05) is 18.2 Å². The molecule has 2 rings (SSSR count). The summed E-state index contributed by atoms with van der Waals surface area (Å²) < 4.78 is 12.0. The van der Waals surface area contributed by atoms with E-state index >= 15 is 0 Å². The number of rotatable bonds is 1. The van der Waals surface area contributed by atoms with Crippen LogP contribution in [0, 0.1) is 13.8 Å². The van der Waals surface area contributed by atoms with Gasteiger partial charge in [0.15, 0.2) is 0 Å². The van der Waals surface area contributed by atoms with Crippen LogP contribution in [0.5, 0.6) is 0 Å². The van der Waals surface area contributed by atoms with Crippen LogP contribution in [0.4, 0.5) is 0 Å². The molecule has 1 aromatic rings. The molecule has 91 valence electrons.